The minimum atomic E-state index is -4.51. The maximum atomic E-state index is 12.8. The van der Waals surface area contributed by atoms with Gasteiger partial charge in [0.05, 0.1) is 17.4 Å². The third-order valence-electron chi connectivity index (χ3n) is 5.97. The van der Waals surface area contributed by atoms with Crippen LogP contribution in [-0.2, 0) is 22.3 Å². The standard InChI is InChI=1S/C23H16F3N5O4/c24-23(25,26)14-3-1-12(2-4-14)20(33)17-11-31(29-28-17)15-5-6-16-13(9-15)10-30(22(16)35)18-7-8-19(32)27-21(18)34/h1-6,9,11,18H,7-8,10H2,(H,27,32,34). The van der Waals surface area contributed by atoms with E-state index in [-0.39, 0.29) is 42.5 Å². The van der Waals surface area contributed by atoms with Gasteiger partial charge in [-0.05, 0) is 42.3 Å². The predicted molar refractivity (Wildman–Crippen MR) is 112 cm³/mol. The predicted octanol–water partition coefficient (Wildman–Crippen LogP) is 2.28. The van der Waals surface area contributed by atoms with E-state index in [0.717, 1.165) is 24.3 Å². The largest absolute Gasteiger partial charge is 0.416 e. The van der Waals surface area contributed by atoms with Crippen LogP contribution in [0.15, 0.2) is 48.7 Å². The molecule has 2 aliphatic rings. The molecule has 5 rings (SSSR count). The van der Waals surface area contributed by atoms with Gasteiger partial charge in [0.25, 0.3) is 5.91 Å². The number of nitrogens with zero attached hydrogens (tertiary/aromatic N) is 4. The Bertz CT molecular complexity index is 1380. The molecule has 0 bridgehead atoms. The van der Waals surface area contributed by atoms with Crippen LogP contribution in [0.1, 0.15) is 50.4 Å². The Hall–Kier alpha value is -4.35. The van der Waals surface area contributed by atoms with Gasteiger partial charge in [0.1, 0.15) is 6.04 Å². The molecule has 3 amide bonds. The molecule has 35 heavy (non-hydrogen) atoms. The van der Waals surface area contributed by atoms with Crippen molar-refractivity contribution < 1.29 is 32.3 Å². The van der Waals surface area contributed by atoms with Crippen molar-refractivity contribution in [2.75, 3.05) is 0 Å². The van der Waals surface area contributed by atoms with E-state index < -0.39 is 29.5 Å². The Morgan fingerprint density at radius 1 is 1.06 bits per heavy atom. The fourth-order valence-corrected chi connectivity index (χ4v) is 4.16. The summed E-state index contributed by atoms with van der Waals surface area (Å²) in [5.74, 6) is -1.79. The number of halogens is 3. The van der Waals surface area contributed by atoms with E-state index >= 15 is 0 Å². The Morgan fingerprint density at radius 2 is 1.80 bits per heavy atom. The minimum absolute atomic E-state index is 0.0319. The van der Waals surface area contributed by atoms with Gasteiger partial charge in [0.2, 0.25) is 17.6 Å². The SMILES string of the molecule is O=C1CCC(N2Cc3cc(-n4cc(C(=O)c5ccc(C(F)(F)F)cc5)nn4)ccc3C2=O)C(=O)N1. The fraction of sp³-hybridized carbons (Fsp3) is 0.217. The molecule has 1 atom stereocenters. The molecule has 0 radical (unpaired) electrons. The lowest BCUT2D eigenvalue weighted by Crippen LogP contribution is -2.52. The average Bonchev–Trinajstić information content (AvgIpc) is 3.43. The molecule has 0 spiro atoms. The molecule has 12 heteroatoms. The lowest BCUT2D eigenvalue weighted by atomic mass is 10.0. The summed E-state index contributed by atoms with van der Waals surface area (Å²) in [5.41, 5.74) is 0.663. The first-order valence-electron chi connectivity index (χ1n) is 10.5. The van der Waals surface area contributed by atoms with Crippen molar-refractivity contribution >= 4 is 23.5 Å². The van der Waals surface area contributed by atoms with Crippen LogP contribution in [0, 0.1) is 0 Å². The third kappa shape index (κ3) is 4.07. The molecular weight excluding hydrogens is 467 g/mol. The number of piperidine rings is 1. The Balaban J connectivity index is 1.35. The van der Waals surface area contributed by atoms with Crippen LogP contribution < -0.4 is 5.32 Å². The Morgan fingerprint density at radius 3 is 2.49 bits per heavy atom. The van der Waals surface area contributed by atoms with Crippen molar-refractivity contribution in [3.05, 3.63) is 76.6 Å². The lowest BCUT2D eigenvalue weighted by molar-refractivity contribution is -0.138. The minimum Gasteiger partial charge on any atom is -0.322 e. The zero-order chi connectivity index (χ0) is 24.9. The molecule has 9 nitrogen and oxygen atoms in total. The summed E-state index contributed by atoms with van der Waals surface area (Å²) >= 11 is 0. The number of ketones is 1. The molecule has 3 aromatic rings. The molecule has 0 aliphatic carbocycles. The first-order chi connectivity index (χ1) is 16.6. The van der Waals surface area contributed by atoms with Crippen molar-refractivity contribution in [1.29, 1.82) is 0 Å². The normalized spacial score (nSPS) is 18.0. The molecule has 0 saturated carbocycles. The highest BCUT2D eigenvalue weighted by molar-refractivity contribution is 6.07. The van der Waals surface area contributed by atoms with Crippen molar-refractivity contribution in [2.24, 2.45) is 0 Å². The quantitative estimate of drug-likeness (QED) is 0.450. The summed E-state index contributed by atoms with van der Waals surface area (Å²) in [6.45, 7) is 0.167. The van der Waals surface area contributed by atoms with Gasteiger partial charge in [-0.2, -0.15) is 13.2 Å². The monoisotopic (exact) mass is 483 g/mol. The Kier molecular flexibility index (Phi) is 5.23. The maximum Gasteiger partial charge on any atom is 0.416 e. The van der Waals surface area contributed by atoms with E-state index in [0.29, 0.717) is 16.8 Å². The van der Waals surface area contributed by atoms with Crippen molar-refractivity contribution in [3.63, 3.8) is 0 Å². The van der Waals surface area contributed by atoms with Crippen molar-refractivity contribution in [3.8, 4) is 5.69 Å². The summed E-state index contributed by atoms with van der Waals surface area (Å²) < 4.78 is 39.6. The molecule has 1 unspecified atom stereocenters. The molecule has 1 fully saturated rings. The van der Waals surface area contributed by atoms with Crippen LogP contribution in [0.4, 0.5) is 13.2 Å². The van der Waals surface area contributed by atoms with Crippen LogP contribution in [0.3, 0.4) is 0 Å². The van der Waals surface area contributed by atoms with E-state index in [1.54, 1.807) is 18.2 Å². The molecule has 1 saturated heterocycles. The number of fused-ring (bicyclic) bond motifs is 1. The third-order valence-corrected chi connectivity index (χ3v) is 5.97. The lowest BCUT2D eigenvalue weighted by Gasteiger charge is -2.29. The van der Waals surface area contributed by atoms with Gasteiger partial charge >= 0.3 is 6.18 Å². The molecule has 1 aromatic heterocycles. The number of nitrogens with one attached hydrogen (secondary N) is 1. The van der Waals surface area contributed by atoms with Gasteiger partial charge in [-0.15, -0.1) is 5.10 Å². The number of hydrogen-bond donors (Lipinski definition) is 1. The number of benzene rings is 2. The van der Waals surface area contributed by atoms with Crippen LogP contribution in [0.5, 0.6) is 0 Å². The average molecular weight is 483 g/mol. The van der Waals surface area contributed by atoms with Gasteiger partial charge in [-0.1, -0.05) is 17.3 Å². The zero-order valence-electron chi connectivity index (χ0n) is 17.9. The van der Waals surface area contributed by atoms with Gasteiger partial charge in [-0.3, -0.25) is 24.5 Å². The van der Waals surface area contributed by atoms with Crippen LogP contribution >= 0.6 is 0 Å². The highest BCUT2D eigenvalue weighted by Gasteiger charge is 2.39. The number of alkyl halides is 3. The van der Waals surface area contributed by atoms with Crippen molar-refractivity contribution in [2.45, 2.75) is 31.6 Å². The summed E-state index contributed by atoms with van der Waals surface area (Å²) in [6, 6.07) is 7.93. The van der Waals surface area contributed by atoms with Gasteiger partial charge in [0, 0.05) is 24.1 Å². The summed E-state index contributed by atoms with van der Waals surface area (Å²) in [4.78, 5) is 50.5. The topological polar surface area (TPSA) is 114 Å². The van der Waals surface area contributed by atoms with Crippen LogP contribution in [-0.4, -0.2) is 49.4 Å². The van der Waals surface area contributed by atoms with Gasteiger partial charge < -0.3 is 4.90 Å². The van der Waals surface area contributed by atoms with E-state index in [1.165, 1.54) is 15.8 Å². The second kappa shape index (κ2) is 8.15. The van der Waals surface area contributed by atoms with E-state index in [9.17, 15) is 32.3 Å². The molecule has 2 aliphatic heterocycles. The van der Waals surface area contributed by atoms with E-state index in [4.69, 9.17) is 0 Å². The number of imide groups is 1. The second-order valence-electron chi connectivity index (χ2n) is 8.19. The molecule has 2 aromatic carbocycles. The number of amides is 3. The second-order valence-corrected chi connectivity index (χ2v) is 8.19. The van der Waals surface area contributed by atoms with Crippen LogP contribution in [0.2, 0.25) is 0 Å². The molecule has 1 N–H and O–H groups in total. The molecule has 178 valence electrons. The summed E-state index contributed by atoms with van der Waals surface area (Å²) in [5, 5.41) is 10.0. The summed E-state index contributed by atoms with van der Waals surface area (Å²) in [7, 11) is 0. The van der Waals surface area contributed by atoms with Gasteiger partial charge in [-0.25, -0.2) is 4.68 Å². The highest BCUT2D eigenvalue weighted by Crippen LogP contribution is 2.30. The van der Waals surface area contributed by atoms with Crippen LogP contribution in [0.25, 0.3) is 5.69 Å². The first-order valence-corrected chi connectivity index (χ1v) is 10.5. The smallest absolute Gasteiger partial charge is 0.322 e. The zero-order valence-corrected chi connectivity index (χ0v) is 17.9. The van der Waals surface area contributed by atoms with Gasteiger partial charge in [0.15, 0.2) is 5.69 Å². The number of hydrogen-bond acceptors (Lipinski definition) is 6. The number of rotatable bonds is 4. The number of carbonyl (C=O) groups is 4. The number of aromatic nitrogens is 3. The molecular formula is C23H16F3N5O4. The maximum absolute atomic E-state index is 12.8. The fourth-order valence-electron chi connectivity index (χ4n) is 4.16. The van der Waals surface area contributed by atoms with E-state index in [2.05, 4.69) is 15.6 Å². The summed E-state index contributed by atoms with van der Waals surface area (Å²) in [6.07, 6.45) is -2.77. The Labute approximate surface area is 195 Å². The first kappa shape index (κ1) is 22.4. The number of carbonyl (C=O) groups excluding carboxylic acids is 4. The van der Waals surface area contributed by atoms with Crippen molar-refractivity contribution in [1.82, 2.24) is 25.2 Å². The van der Waals surface area contributed by atoms with E-state index in [1.807, 2.05) is 0 Å². The highest BCUT2D eigenvalue weighted by atomic mass is 19.4. The molecule has 3 heterocycles.